The molecule has 2 atom stereocenters. The van der Waals surface area contributed by atoms with Crippen molar-refractivity contribution >= 4 is 53.5 Å². The summed E-state index contributed by atoms with van der Waals surface area (Å²) in [7, 11) is 0. The third-order valence-corrected chi connectivity index (χ3v) is 13.2. The van der Waals surface area contributed by atoms with Gasteiger partial charge in [-0.1, -0.05) is 55.5 Å². The summed E-state index contributed by atoms with van der Waals surface area (Å²) in [6.45, 7) is 5.22. The largest absolute Gasteiger partial charge is 0.508 e. The van der Waals surface area contributed by atoms with Crippen LogP contribution >= 0.6 is 0 Å². The van der Waals surface area contributed by atoms with Crippen molar-refractivity contribution in [1.82, 2.24) is 56.4 Å². The van der Waals surface area contributed by atoms with Crippen LogP contribution in [-0.2, 0) is 53.2 Å². The Morgan fingerprint density at radius 3 is 1.69 bits per heavy atom. The molecule has 0 bridgehead atoms. The van der Waals surface area contributed by atoms with Crippen molar-refractivity contribution in [2.75, 3.05) is 111 Å². The lowest BCUT2D eigenvalue weighted by Gasteiger charge is -2.32. The Balaban J connectivity index is 1.19. The monoisotopic (exact) mass is 1120 g/mol. The van der Waals surface area contributed by atoms with Crippen molar-refractivity contribution in [2.24, 2.45) is 10.7 Å². The first-order valence-corrected chi connectivity index (χ1v) is 26.8. The van der Waals surface area contributed by atoms with Crippen LogP contribution in [0.5, 0.6) is 11.5 Å². The number of carboxylic acid groups (broad SMARTS) is 3. The van der Waals surface area contributed by atoms with Gasteiger partial charge in [0.25, 0.3) is 0 Å². The van der Waals surface area contributed by atoms with Crippen LogP contribution in [0.2, 0.25) is 0 Å². The number of nitrogens with two attached hydrogens (primary N) is 1. The summed E-state index contributed by atoms with van der Waals surface area (Å²) in [5.41, 5.74) is 9.47. The van der Waals surface area contributed by atoms with Gasteiger partial charge in [-0.05, 0) is 65.8 Å². The maximum atomic E-state index is 14.7. The predicted octanol–water partition coefficient (Wildman–Crippen LogP) is -0.469. The Morgan fingerprint density at radius 2 is 1.15 bits per heavy atom. The molecule has 0 radical (unpaired) electrons. The molecule has 80 heavy (non-hydrogen) atoms. The highest BCUT2D eigenvalue weighted by Crippen LogP contribution is 2.32. The molecule has 26 heteroatoms. The van der Waals surface area contributed by atoms with Gasteiger partial charge in [-0.25, -0.2) is 4.79 Å². The third kappa shape index (κ3) is 23.2. The zero-order chi connectivity index (χ0) is 57.8. The summed E-state index contributed by atoms with van der Waals surface area (Å²) in [5, 5.41) is 54.8. The number of guanidine groups is 1. The number of hydrogen-bond donors (Lipinski definition) is 11. The number of aromatic hydroxyl groups is 1. The fraction of sp³-hybridized carbons (Fsp3) is 0.500. The summed E-state index contributed by atoms with van der Waals surface area (Å²) in [5.74, 6) is -3.99. The van der Waals surface area contributed by atoms with Gasteiger partial charge < -0.3 is 57.5 Å². The van der Waals surface area contributed by atoms with Gasteiger partial charge >= 0.3 is 23.9 Å². The van der Waals surface area contributed by atoms with Gasteiger partial charge in [0.05, 0.1) is 32.8 Å². The van der Waals surface area contributed by atoms with Crippen LogP contribution in [0.15, 0.2) is 77.8 Å². The van der Waals surface area contributed by atoms with E-state index in [9.17, 15) is 58.8 Å². The molecule has 1 fully saturated rings. The van der Waals surface area contributed by atoms with Crippen LogP contribution in [0.1, 0.15) is 60.9 Å². The number of fused-ring (bicyclic) bond motifs is 1. The number of phenolic OH excluding ortho intramolecular Hbond substituents is 1. The maximum Gasteiger partial charge on any atom is 0.321 e. The molecule has 6 amide bonds. The van der Waals surface area contributed by atoms with Gasteiger partial charge in [0.15, 0.2) is 5.96 Å². The number of aliphatic carboxylic acids is 3. The number of carbonyl (C=O) groups excluding carboxylic acids is 5. The Labute approximate surface area is 465 Å². The molecule has 2 aliphatic heterocycles. The van der Waals surface area contributed by atoms with E-state index in [1.54, 1.807) is 58.0 Å². The molecule has 1 saturated heterocycles. The minimum atomic E-state index is -1.05. The minimum absolute atomic E-state index is 0.0232. The number of ether oxygens (including phenoxy) is 1. The lowest BCUT2D eigenvalue weighted by atomic mass is 10.0. The summed E-state index contributed by atoms with van der Waals surface area (Å²) < 4.78 is 6.05. The highest BCUT2D eigenvalue weighted by Gasteiger charge is 2.34. The second-order valence-corrected chi connectivity index (χ2v) is 19.4. The Kier molecular flexibility index (Phi) is 26.4. The fourth-order valence-electron chi connectivity index (χ4n) is 8.99. The number of amides is 6. The molecule has 2 heterocycles. The molecule has 0 saturated carbocycles. The number of nitrogens with zero attached hydrogens (tertiary/aromatic N) is 6. The van der Waals surface area contributed by atoms with Crippen molar-refractivity contribution in [3.05, 3.63) is 95.1 Å². The second-order valence-electron chi connectivity index (χ2n) is 19.4. The third-order valence-electron chi connectivity index (χ3n) is 13.2. The van der Waals surface area contributed by atoms with Crippen molar-refractivity contribution in [3.63, 3.8) is 0 Å². The number of nitrogens with one attached hydrogen (secondary N) is 6. The van der Waals surface area contributed by atoms with E-state index in [2.05, 4.69) is 36.9 Å². The van der Waals surface area contributed by atoms with Crippen LogP contribution in [-0.4, -0.2) is 216 Å². The number of benzene rings is 3. The van der Waals surface area contributed by atoms with Gasteiger partial charge in [-0.3, -0.25) is 68.4 Å². The van der Waals surface area contributed by atoms with E-state index in [-0.39, 0.29) is 135 Å². The highest BCUT2D eigenvalue weighted by molar-refractivity contribution is 5.95. The standard InChI is InChI=1S/C54H77N13O13/c1-2-45(69)57-20-21-59-54(79)62-53(55)58-18-5-9-44(51(77)60-31-38-10-14-42(68)15-11-38)61-52(78)50(67-32-40-7-3-4-8-41(40)33-67)39-12-16-43(17-13-39)80-30-6-19-56-46(70)34-63-22-24-64(35-47(71)72)26-28-66(37-49(75)76)29-27-65(25-23-63)36-48(73)74/h3-4,7-8,10-17,44,50,68H,2,5-6,9,18-37H2,1H3,(H,56,70)(H,57,69)(H,60,77)(H,61,78)(H,71,72)(H,73,74)(H,75,76)(H4,55,58,59,62,79)/t44-,50+/m1/s1. The molecule has 26 nitrogen and oxygen atoms in total. The number of carboxylic acids is 3. The van der Waals surface area contributed by atoms with Gasteiger partial charge in [0, 0.05) is 105 Å². The molecule has 3 aromatic carbocycles. The van der Waals surface area contributed by atoms with E-state index in [4.69, 9.17) is 10.5 Å². The molecule has 0 unspecified atom stereocenters. The lowest BCUT2D eigenvalue weighted by molar-refractivity contribution is -0.140. The Bertz CT molecular complexity index is 2500. The first-order chi connectivity index (χ1) is 38.4. The normalized spacial score (nSPS) is 15.9. The molecule has 3 aromatic rings. The molecule has 436 valence electrons. The molecule has 0 spiro atoms. The smallest absolute Gasteiger partial charge is 0.321 e. The van der Waals surface area contributed by atoms with Gasteiger partial charge in [0.2, 0.25) is 23.6 Å². The van der Waals surface area contributed by atoms with Gasteiger partial charge in [-0.15, -0.1) is 0 Å². The predicted molar refractivity (Wildman–Crippen MR) is 294 cm³/mol. The van der Waals surface area contributed by atoms with E-state index in [0.29, 0.717) is 56.8 Å². The fourth-order valence-corrected chi connectivity index (χ4v) is 8.99. The molecule has 12 N–H and O–H groups in total. The lowest BCUT2D eigenvalue weighted by Crippen LogP contribution is -2.50. The topological polar surface area (TPSA) is 353 Å². The summed E-state index contributed by atoms with van der Waals surface area (Å²) in [6, 6.07) is 18.9. The summed E-state index contributed by atoms with van der Waals surface area (Å²) in [6.07, 6.45) is 1.21. The number of phenols is 1. The number of urea groups is 1. The van der Waals surface area contributed by atoms with Crippen molar-refractivity contribution in [1.29, 1.82) is 0 Å². The van der Waals surface area contributed by atoms with E-state index in [0.717, 1.165) is 16.7 Å². The zero-order valence-electron chi connectivity index (χ0n) is 45.3. The van der Waals surface area contributed by atoms with Crippen LogP contribution in [0.3, 0.4) is 0 Å². The number of hydrogen-bond acceptors (Lipinski definition) is 16. The molecule has 0 aromatic heterocycles. The van der Waals surface area contributed by atoms with E-state index in [1.165, 1.54) is 12.1 Å². The zero-order valence-corrected chi connectivity index (χ0v) is 45.3. The quantitative estimate of drug-likeness (QED) is 0.0249. The molecule has 5 rings (SSSR count). The van der Waals surface area contributed by atoms with Crippen molar-refractivity contribution in [2.45, 2.75) is 64.3 Å². The van der Waals surface area contributed by atoms with Crippen LogP contribution < -0.4 is 42.4 Å². The first kappa shape index (κ1) is 62.9. The summed E-state index contributed by atoms with van der Waals surface area (Å²) >= 11 is 0. The molecular weight excluding hydrogens is 1040 g/mol. The Morgan fingerprint density at radius 1 is 0.625 bits per heavy atom. The first-order valence-electron chi connectivity index (χ1n) is 26.8. The van der Waals surface area contributed by atoms with Crippen LogP contribution in [0.4, 0.5) is 4.79 Å². The van der Waals surface area contributed by atoms with E-state index >= 15 is 0 Å². The van der Waals surface area contributed by atoms with Gasteiger partial charge in [0.1, 0.15) is 23.6 Å². The second kappa shape index (κ2) is 33.5. The number of carbonyl (C=O) groups is 8. The maximum absolute atomic E-state index is 14.7. The Hall–Kier alpha value is -7.91. The van der Waals surface area contributed by atoms with Crippen LogP contribution in [0.25, 0.3) is 0 Å². The number of aliphatic imine (C=N–C) groups is 1. The van der Waals surface area contributed by atoms with Gasteiger partial charge in [-0.2, -0.15) is 0 Å². The SMILES string of the molecule is CCC(=O)NCCNC(=O)NC(N)=NCCC[C@@H](NC(=O)[C@H](c1ccc(OCCCNC(=O)CN2CCN(CC(=O)O)CCN(CC(=O)O)CCN(CC(=O)O)CC2)cc1)N1Cc2ccccc2C1)C(=O)NCc1ccc(O)cc1. The van der Waals surface area contributed by atoms with E-state index < -0.39 is 47.8 Å². The molecular formula is C54H77N13O13. The average molecular weight is 1120 g/mol. The van der Waals surface area contributed by atoms with Crippen molar-refractivity contribution < 1.29 is 63.5 Å². The highest BCUT2D eigenvalue weighted by atomic mass is 16.5. The van der Waals surface area contributed by atoms with Crippen LogP contribution in [0, 0.1) is 0 Å². The molecule has 0 aliphatic carbocycles. The van der Waals surface area contributed by atoms with Crippen molar-refractivity contribution in [3.8, 4) is 11.5 Å². The number of rotatable bonds is 28. The minimum Gasteiger partial charge on any atom is -0.508 e. The average Bonchev–Trinajstić information content (AvgIpc) is 3.85. The van der Waals surface area contributed by atoms with E-state index in [1.807, 2.05) is 34.1 Å². The summed E-state index contributed by atoms with van der Waals surface area (Å²) in [4.78, 5) is 114. The molecule has 2 aliphatic rings.